The fourth-order valence-electron chi connectivity index (χ4n) is 2.13. The summed E-state index contributed by atoms with van der Waals surface area (Å²) in [7, 11) is 3.27. The summed E-state index contributed by atoms with van der Waals surface area (Å²) < 4.78 is 10.2. The number of nitrogens with one attached hydrogen (secondary N) is 1. The van der Waals surface area contributed by atoms with E-state index in [2.05, 4.69) is 17.0 Å². The van der Waals surface area contributed by atoms with Crippen molar-refractivity contribution in [3.8, 4) is 0 Å². The third-order valence-electron chi connectivity index (χ3n) is 3.30. The van der Waals surface area contributed by atoms with Crippen LogP contribution in [-0.4, -0.2) is 20.1 Å². The molecule has 1 aromatic heterocycles. The molecule has 0 fully saturated rings. The smallest absolute Gasteiger partial charge is 0.373 e. The number of hydrogen-bond acceptors (Lipinski definition) is 4. The molecule has 19 heavy (non-hydrogen) atoms. The number of hydrogen-bond donors (Lipinski definition) is 1. The number of rotatable bonds is 9. The average Bonchev–Trinajstić information content (AvgIpc) is 2.91. The summed E-state index contributed by atoms with van der Waals surface area (Å²) >= 11 is 0. The van der Waals surface area contributed by atoms with E-state index >= 15 is 0 Å². The Balaban J connectivity index is 2.45. The average molecular weight is 267 g/mol. The highest BCUT2D eigenvalue weighted by molar-refractivity contribution is 5.86. The molecule has 0 amide bonds. The van der Waals surface area contributed by atoms with Crippen molar-refractivity contribution < 1.29 is 13.9 Å². The van der Waals surface area contributed by atoms with E-state index in [4.69, 9.17) is 4.42 Å². The molecule has 0 saturated heterocycles. The second kappa shape index (κ2) is 8.75. The molecule has 1 aromatic rings. The first-order chi connectivity index (χ1) is 9.22. The Hall–Kier alpha value is -1.29. The molecule has 0 radical (unpaired) electrons. The predicted molar refractivity (Wildman–Crippen MR) is 75.2 cm³/mol. The van der Waals surface area contributed by atoms with E-state index in [-0.39, 0.29) is 11.8 Å². The Morgan fingerprint density at radius 3 is 2.68 bits per heavy atom. The van der Waals surface area contributed by atoms with Gasteiger partial charge in [-0.05, 0) is 25.6 Å². The highest BCUT2D eigenvalue weighted by Crippen LogP contribution is 2.22. The lowest BCUT2D eigenvalue weighted by molar-refractivity contribution is 0.0562. The molecule has 1 atom stereocenters. The zero-order valence-electron chi connectivity index (χ0n) is 12.2. The molecular formula is C15H25NO3. The van der Waals surface area contributed by atoms with Gasteiger partial charge < -0.3 is 14.5 Å². The quantitative estimate of drug-likeness (QED) is 0.547. The topological polar surface area (TPSA) is 51.5 Å². The van der Waals surface area contributed by atoms with E-state index in [1.807, 2.05) is 13.1 Å². The van der Waals surface area contributed by atoms with Crippen LogP contribution in [0.5, 0.6) is 0 Å². The summed E-state index contributed by atoms with van der Waals surface area (Å²) in [5.41, 5.74) is 0. The van der Waals surface area contributed by atoms with Crippen molar-refractivity contribution in [2.24, 2.45) is 0 Å². The molecule has 0 saturated carbocycles. The summed E-state index contributed by atoms with van der Waals surface area (Å²) in [6.45, 7) is 2.22. The minimum absolute atomic E-state index is 0.167. The summed E-state index contributed by atoms with van der Waals surface area (Å²) in [6, 6.07) is 3.68. The van der Waals surface area contributed by atoms with Crippen LogP contribution in [0.1, 0.15) is 67.8 Å². The number of esters is 1. The highest BCUT2D eigenvalue weighted by Gasteiger charge is 2.16. The van der Waals surface area contributed by atoms with Gasteiger partial charge >= 0.3 is 5.97 Å². The molecule has 1 N–H and O–H groups in total. The number of carbonyl (C=O) groups excluding carboxylic acids is 1. The standard InChI is InChI=1S/C15H25NO3/c1-4-5-6-7-8-9-12(16-2)13-10-11-14(19-13)15(17)18-3/h10-12,16H,4-9H2,1-3H3. The van der Waals surface area contributed by atoms with E-state index in [1.165, 1.54) is 39.2 Å². The van der Waals surface area contributed by atoms with E-state index < -0.39 is 5.97 Å². The Morgan fingerprint density at radius 2 is 2.05 bits per heavy atom. The van der Waals surface area contributed by atoms with E-state index in [0.717, 1.165) is 12.2 Å². The number of unbranched alkanes of at least 4 members (excludes halogenated alkanes) is 4. The summed E-state index contributed by atoms with van der Waals surface area (Å²) in [4.78, 5) is 11.3. The maximum Gasteiger partial charge on any atom is 0.373 e. The molecule has 0 aromatic carbocycles. The van der Waals surface area contributed by atoms with Crippen LogP contribution in [0.2, 0.25) is 0 Å². The number of methoxy groups -OCH3 is 1. The first kappa shape index (κ1) is 15.8. The van der Waals surface area contributed by atoms with Gasteiger partial charge in [0.25, 0.3) is 0 Å². The Labute approximate surface area is 115 Å². The van der Waals surface area contributed by atoms with Crippen molar-refractivity contribution in [3.63, 3.8) is 0 Å². The summed E-state index contributed by atoms with van der Waals surface area (Å²) in [5, 5.41) is 3.23. The molecule has 0 bridgehead atoms. The monoisotopic (exact) mass is 267 g/mol. The zero-order valence-corrected chi connectivity index (χ0v) is 12.2. The second-order valence-corrected chi connectivity index (χ2v) is 4.74. The van der Waals surface area contributed by atoms with Gasteiger partial charge in [0.15, 0.2) is 0 Å². The van der Waals surface area contributed by atoms with Crippen LogP contribution >= 0.6 is 0 Å². The molecule has 1 heterocycles. The molecule has 1 unspecified atom stereocenters. The van der Waals surface area contributed by atoms with Gasteiger partial charge in [-0.3, -0.25) is 0 Å². The first-order valence-corrected chi connectivity index (χ1v) is 7.08. The molecule has 0 aliphatic carbocycles. The maximum atomic E-state index is 11.3. The first-order valence-electron chi connectivity index (χ1n) is 7.08. The maximum absolute atomic E-state index is 11.3. The Bertz CT molecular complexity index is 373. The van der Waals surface area contributed by atoms with E-state index in [1.54, 1.807) is 6.07 Å². The summed E-state index contributed by atoms with van der Waals surface area (Å²) in [5.74, 6) is 0.645. The fraction of sp³-hybridized carbons (Fsp3) is 0.667. The normalized spacial score (nSPS) is 12.4. The Morgan fingerprint density at radius 1 is 1.32 bits per heavy atom. The van der Waals surface area contributed by atoms with E-state index in [9.17, 15) is 4.79 Å². The third kappa shape index (κ3) is 5.07. The Kier molecular flexibility index (Phi) is 7.26. The van der Waals surface area contributed by atoms with Crippen LogP contribution in [0, 0.1) is 0 Å². The highest BCUT2D eigenvalue weighted by atomic mass is 16.5. The lowest BCUT2D eigenvalue weighted by Crippen LogP contribution is -2.15. The van der Waals surface area contributed by atoms with Crippen LogP contribution in [0.3, 0.4) is 0 Å². The van der Waals surface area contributed by atoms with Crippen molar-refractivity contribution in [2.45, 2.75) is 51.5 Å². The molecule has 4 heteroatoms. The molecular weight excluding hydrogens is 242 g/mol. The van der Waals surface area contributed by atoms with Crippen LogP contribution in [0.15, 0.2) is 16.5 Å². The molecule has 0 spiro atoms. The predicted octanol–water partition coefficient (Wildman–Crippen LogP) is 3.69. The van der Waals surface area contributed by atoms with Crippen LogP contribution < -0.4 is 5.32 Å². The van der Waals surface area contributed by atoms with Gasteiger partial charge in [-0.2, -0.15) is 0 Å². The van der Waals surface area contributed by atoms with Crippen molar-refractivity contribution in [2.75, 3.05) is 14.2 Å². The third-order valence-corrected chi connectivity index (χ3v) is 3.30. The molecule has 108 valence electrons. The largest absolute Gasteiger partial charge is 0.463 e. The van der Waals surface area contributed by atoms with Gasteiger partial charge in [0.05, 0.1) is 13.2 Å². The minimum atomic E-state index is -0.427. The van der Waals surface area contributed by atoms with Crippen molar-refractivity contribution in [1.82, 2.24) is 5.32 Å². The van der Waals surface area contributed by atoms with Crippen molar-refractivity contribution in [3.05, 3.63) is 23.7 Å². The van der Waals surface area contributed by atoms with Gasteiger partial charge in [-0.15, -0.1) is 0 Å². The van der Waals surface area contributed by atoms with Gasteiger partial charge in [-0.25, -0.2) is 4.79 Å². The number of carbonyl (C=O) groups is 1. The van der Waals surface area contributed by atoms with Crippen LogP contribution in [0.4, 0.5) is 0 Å². The fourth-order valence-corrected chi connectivity index (χ4v) is 2.13. The lowest BCUT2D eigenvalue weighted by atomic mass is 10.0. The SMILES string of the molecule is CCCCCCCC(NC)c1ccc(C(=O)OC)o1. The van der Waals surface area contributed by atoms with Gasteiger partial charge in [-0.1, -0.05) is 39.0 Å². The van der Waals surface area contributed by atoms with Crippen LogP contribution in [0.25, 0.3) is 0 Å². The van der Waals surface area contributed by atoms with Crippen molar-refractivity contribution in [1.29, 1.82) is 0 Å². The second-order valence-electron chi connectivity index (χ2n) is 4.74. The van der Waals surface area contributed by atoms with E-state index in [0.29, 0.717) is 0 Å². The van der Waals surface area contributed by atoms with Gasteiger partial charge in [0.2, 0.25) is 5.76 Å². The molecule has 1 rings (SSSR count). The number of ether oxygens (including phenoxy) is 1. The molecule has 0 aliphatic heterocycles. The minimum Gasteiger partial charge on any atom is -0.463 e. The van der Waals surface area contributed by atoms with Crippen LogP contribution in [-0.2, 0) is 4.74 Å². The van der Waals surface area contributed by atoms with Gasteiger partial charge in [0, 0.05) is 0 Å². The molecule has 4 nitrogen and oxygen atoms in total. The van der Waals surface area contributed by atoms with Gasteiger partial charge in [0.1, 0.15) is 5.76 Å². The molecule has 0 aliphatic rings. The number of furan rings is 1. The van der Waals surface area contributed by atoms with Crippen molar-refractivity contribution >= 4 is 5.97 Å². The summed E-state index contributed by atoms with van der Waals surface area (Å²) in [6.07, 6.45) is 7.29. The lowest BCUT2D eigenvalue weighted by Gasteiger charge is -2.13. The zero-order chi connectivity index (χ0) is 14.1.